The molecule has 122 valence electrons. The molecule has 0 unspecified atom stereocenters. The molecule has 0 spiro atoms. The number of aromatic nitrogens is 3. The third-order valence-electron chi connectivity index (χ3n) is 4.42. The van der Waals surface area contributed by atoms with E-state index in [9.17, 15) is 4.79 Å². The summed E-state index contributed by atoms with van der Waals surface area (Å²) in [6.45, 7) is 2.13. The Labute approximate surface area is 144 Å². The molecule has 6 heteroatoms. The van der Waals surface area contributed by atoms with E-state index in [1.54, 1.807) is 17.1 Å². The number of carbonyl (C=O) groups excluding carboxylic acids is 1. The molecule has 1 N–H and O–H groups in total. The van der Waals surface area contributed by atoms with Crippen LogP contribution in [0, 0.1) is 6.92 Å². The minimum Gasteiger partial charge on any atom is -0.345 e. The number of nitrogens with zero attached hydrogens (tertiary/aromatic N) is 3. The number of amides is 1. The number of halogens is 1. The molecule has 1 aromatic carbocycles. The summed E-state index contributed by atoms with van der Waals surface area (Å²) in [4.78, 5) is 16.9. The van der Waals surface area contributed by atoms with Crippen molar-refractivity contribution < 1.29 is 4.79 Å². The van der Waals surface area contributed by atoms with E-state index in [0.717, 1.165) is 35.0 Å². The van der Waals surface area contributed by atoms with E-state index < -0.39 is 0 Å². The number of rotatable bonds is 4. The van der Waals surface area contributed by atoms with E-state index >= 15 is 0 Å². The number of benzene rings is 1. The topological polar surface area (TPSA) is 59.8 Å². The fourth-order valence-electron chi connectivity index (χ4n) is 3.08. The molecule has 5 nitrogen and oxygen atoms in total. The van der Waals surface area contributed by atoms with Crippen LogP contribution in [0.1, 0.15) is 24.0 Å². The first-order valence-corrected chi connectivity index (χ1v) is 8.29. The summed E-state index contributed by atoms with van der Waals surface area (Å²) >= 11 is 6.29. The first-order chi connectivity index (χ1) is 11.6. The van der Waals surface area contributed by atoms with Crippen LogP contribution in [0.15, 0.2) is 42.7 Å². The summed E-state index contributed by atoms with van der Waals surface area (Å²) in [6.07, 6.45) is 5.33. The Morgan fingerprint density at radius 3 is 2.88 bits per heavy atom. The summed E-state index contributed by atoms with van der Waals surface area (Å²) in [5.74, 6) is -0.0835. The van der Waals surface area contributed by atoms with Crippen molar-refractivity contribution in [2.24, 2.45) is 0 Å². The number of aryl methyl sites for hydroxylation is 1. The molecule has 0 atom stereocenters. The molecule has 0 radical (unpaired) electrons. The van der Waals surface area contributed by atoms with E-state index in [4.69, 9.17) is 11.6 Å². The summed E-state index contributed by atoms with van der Waals surface area (Å²) in [5.41, 5.74) is 2.45. The van der Waals surface area contributed by atoms with Crippen LogP contribution in [-0.4, -0.2) is 20.7 Å². The second-order valence-electron chi connectivity index (χ2n) is 6.34. The van der Waals surface area contributed by atoms with Crippen molar-refractivity contribution in [2.45, 2.75) is 31.8 Å². The molecule has 24 heavy (non-hydrogen) atoms. The lowest BCUT2D eigenvalue weighted by Gasteiger charge is -2.19. The van der Waals surface area contributed by atoms with Crippen LogP contribution >= 0.6 is 11.6 Å². The molecule has 4 rings (SSSR count). The third kappa shape index (κ3) is 2.65. The lowest BCUT2D eigenvalue weighted by Crippen LogP contribution is -2.37. The first kappa shape index (κ1) is 15.1. The van der Waals surface area contributed by atoms with Gasteiger partial charge in [-0.1, -0.05) is 29.8 Å². The average Bonchev–Trinajstić information content (AvgIpc) is 3.22. The Morgan fingerprint density at radius 2 is 2.12 bits per heavy atom. The Balaban J connectivity index is 1.54. The minimum absolute atomic E-state index is 0.0835. The molecule has 1 aliphatic carbocycles. The number of fused-ring (bicyclic) bond motifs is 1. The Morgan fingerprint density at radius 1 is 1.33 bits per heavy atom. The van der Waals surface area contributed by atoms with Crippen LogP contribution in [0.2, 0.25) is 5.02 Å². The number of carbonyl (C=O) groups is 1. The zero-order valence-electron chi connectivity index (χ0n) is 13.3. The van der Waals surface area contributed by atoms with Crippen molar-refractivity contribution in [3.63, 3.8) is 0 Å². The Bertz CT molecular complexity index is 930. The molecule has 0 bridgehead atoms. The van der Waals surface area contributed by atoms with E-state index in [0.29, 0.717) is 5.02 Å². The number of hydrogen-bond acceptors (Lipinski definition) is 3. The summed E-state index contributed by atoms with van der Waals surface area (Å²) in [5, 5.41) is 9.04. The molecule has 2 heterocycles. The van der Waals surface area contributed by atoms with Crippen molar-refractivity contribution in [2.75, 3.05) is 0 Å². The molecule has 2 aromatic heterocycles. The van der Waals surface area contributed by atoms with Crippen LogP contribution in [0.5, 0.6) is 0 Å². The molecular weight excluding hydrogens is 324 g/mol. The smallest absolute Gasteiger partial charge is 0.242 e. The van der Waals surface area contributed by atoms with Crippen molar-refractivity contribution in [3.05, 3.63) is 58.9 Å². The minimum atomic E-state index is -0.331. The molecule has 3 aromatic rings. The highest BCUT2D eigenvalue weighted by atomic mass is 35.5. The predicted molar refractivity (Wildman–Crippen MR) is 92.8 cm³/mol. The summed E-state index contributed by atoms with van der Waals surface area (Å²) < 4.78 is 1.63. The van der Waals surface area contributed by atoms with Gasteiger partial charge in [0.15, 0.2) is 5.65 Å². The van der Waals surface area contributed by atoms with Gasteiger partial charge >= 0.3 is 0 Å². The van der Waals surface area contributed by atoms with Gasteiger partial charge in [-0.15, -0.1) is 0 Å². The molecule has 0 saturated heterocycles. The fraction of sp³-hybridized carbons (Fsp3) is 0.278. The monoisotopic (exact) mass is 340 g/mol. The van der Waals surface area contributed by atoms with Crippen LogP contribution in [0.4, 0.5) is 0 Å². The normalized spacial score (nSPS) is 15.4. The average molecular weight is 341 g/mol. The van der Waals surface area contributed by atoms with E-state index in [-0.39, 0.29) is 18.0 Å². The van der Waals surface area contributed by atoms with Gasteiger partial charge in [0.2, 0.25) is 5.91 Å². The van der Waals surface area contributed by atoms with Gasteiger partial charge in [-0.25, -0.2) is 9.67 Å². The molecule has 1 aliphatic rings. The van der Waals surface area contributed by atoms with Crippen LogP contribution in [-0.2, 0) is 16.9 Å². The SMILES string of the molecule is Cc1cnc2c(cnn2CC(=O)NC2(c3ccccc3Cl)CC2)c1. The first-order valence-electron chi connectivity index (χ1n) is 7.92. The van der Waals surface area contributed by atoms with Crippen LogP contribution in [0.25, 0.3) is 11.0 Å². The Hall–Kier alpha value is -2.40. The number of hydrogen-bond donors (Lipinski definition) is 1. The maximum atomic E-state index is 12.5. The summed E-state index contributed by atoms with van der Waals surface area (Å²) in [7, 11) is 0. The van der Waals surface area contributed by atoms with E-state index in [2.05, 4.69) is 15.4 Å². The van der Waals surface area contributed by atoms with Crippen LogP contribution in [0.3, 0.4) is 0 Å². The number of nitrogens with one attached hydrogen (secondary N) is 1. The highest BCUT2D eigenvalue weighted by Gasteiger charge is 2.46. The zero-order valence-corrected chi connectivity index (χ0v) is 14.0. The largest absolute Gasteiger partial charge is 0.345 e. The third-order valence-corrected chi connectivity index (χ3v) is 4.75. The molecule has 0 aliphatic heterocycles. The van der Waals surface area contributed by atoms with Crippen molar-refractivity contribution in [3.8, 4) is 0 Å². The van der Waals surface area contributed by atoms with Gasteiger partial charge in [0.05, 0.1) is 11.7 Å². The lowest BCUT2D eigenvalue weighted by atomic mass is 10.0. The van der Waals surface area contributed by atoms with Crippen molar-refractivity contribution in [1.29, 1.82) is 0 Å². The quantitative estimate of drug-likeness (QED) is 0.793. The van der Waals surface area contributed by atoms with Gasteiger partial charge in [-0.3, -0.25) is 4.79 Å². The van der Waals surface area contributed by atoms with Crippen molar-refractivity contribution >= 4 is 28.5 Å². The Kier molecular flexibility index (Phi) is 3.53. The van der Waals surface area contributed by atoms with Crippen molar-refractivity contribution in [1.82, 2.24) is 20.1 Å². The molecule has 1 fully saturated rings. The fourth-order valence-corrected chi connectivity index (χ4v) is 3.39. The van der Waals surface area contributed by atoms with Gasteiger partial charge in [0, 0.05) is 16.6 Å². The van der Waals surface area contributed by atoms with Gasteiger partial charge in [0.1, 0.15) is 6.54 Å². The van der Waals surface area contributed by atoms with Gasteiger partial charge in [-0.2, -0.15) is 5.10 Å². The van der Waals surface area contributed by atoms with E-state index in [1.165, 1.54) is 0 Å². The van der Waals surface area contributed by atoms with Crippen LogP contribution < -0.4 is 5.32 Å². The van der Waals surface area contributed by atoms with E-state index in [1.807, 2.05) is 37.3 Å². The van der Waals surface area contributed by atoms with Gasteiger partial charge in [0.25, 0.3) is 0 Å². The highest BCUT2D eigenvalue weighted by molar-refractivity contribution is 6.31. The van der Waals surface area contributed by atoms with Gasteiger partial charge in [-0.05, 0) is 43.0 Å². The second-order valence-corrected chi connectivity index (χ2v) is 6.75. The molecular formula is C18H17ClN4O. The molecule has 1 amide bonds. The van der Waals surface area contributed by atoms with Gasteiger partial charge < -0.3 is 5.32 Å². The predicted octanol–water partition coefficient (Wildman–Crippen LogP) is 3.20. The maximum Gasteiger partial charge on any atom is 0.242 e. The second kappa shape index (κ2) is 5.60. The maximum absolute atomic E-state index is 12.5. The standard InChI is InChI=1S/C18H17ClN4O/c1-12-8-13-10-21-23(17(13)20-9-12)11-16(24)22-18(6-7-18)14-4-2-3-5-15(14)19/h2-5,8-10H,6-7,11H2,1H3,(H,22,24). The molecule has 1 saturated carbocycles. The lowest BCUT2D eigenvalue weighted by molar-refractivity contribution is -0.122. The highest BCUT2D eigenvalue weighted by Crippen LogP contribution is 2.47. The summed E-state index contributed by atoms with van der Waals surface area (Å²) in [6, 6.07) is 9.68. The zero-order chi connectivity index (χ0) is 16.7. The number of pyridine rings is 1.